The number of rotatable bonds is 6. The van der Waals surface area contributed by atoms with Crippen molar-refractivity contribution in [2.24, 2.45) is 5.41 Å². The number of benzene rings is 2. The zero-order valence-corrected chi connectivity index (χ0v) is 13.3. The van der Waals surface area contributed by atoms with Gasteiger partial charge in [0.25, 0.3) is 0 Å². The summed E-state index contributed by atoms with van der Waals surface area (Å²) in [6.07, 6.45) is 0.247. The van der Waals surface area contributed by atoms with Crippen LogP contribution in [-0.4, -0.2) is 24.2 Å². The molecule has 0 aliphatic heterocycles. The molecule has 5 nitrogen and oxygen atoms in total. The molecule has 2 unspecified atom stereocenters. The van der Waals surface area contributed by atoms with Crippen LogP contribution in [0.2, 0.25) is 0 Å². The number of carbonyl (C=O) groups excluding carboxylic acids is 1. The molecular formula is C19H18O5. The minimum Gasteiger partial charge on any atom is -0.489 e. The van der Waals surface area contributed by atoms with Crippen LogP contribution in [0.4, 0.5) is 0 Å². The molecule has 1 saturated carbocycles. The van der Waals surface area contributed by atoms with Gasteiger partial charge in [0.2, 0.25) is 0 Å². The second kappa shape index (κ2) is 6.35. The highest BCUT2D eigenvalue weighted by Crippen LogP contribution is 2.60. The van der Waals surface area contributed by atoms with E-state index in [9.17, 15) is 14.7 Å². The van der Waals surface area contributed by atoms with Crippen molar-refractivity contribution in [3.05, 3.63) is 65.7 Å². The van der Waals surface area contributed by atoms with E-state index in [-0.39, 0.29) is 12.3 Å². The van der Waals surface area contributed by atoms with Crippen LogP contribution in [-0.2, 0) is 20.9 Å². The average molecular weight is 326 g/mol. The van der Waals surface area contributed by atoms with Crippen LogP contribution in [0.3, 0.4) is 0 Å². The lowest BCUT2D eigenvalue weighted by Gasteiger charge is -2.11. The van der Waals surface area contributed by atoms with Crippen molar-refractivity contribution >= 4 is 11.9 Å². The standard InChI is InChI=1S/C19H18O5/c1-23-18(22)19(17(20)21)11-16(19)14-8-5-9-15(10-14)24-12-13-6-3-2-4-7-13/h2-10,16H,11-12H2,1H3,(H,20,21). The third-order valence-corrected chi connectivity index (χ3v) is 4.40. The van der Waals surface area contributed by atoms with Gasteiger partial charge in [0.05, 0.1) is 7.11 Å². The third kappa shape index (κ3) is 2.85. The highest BCUT2D eigenvalue weighted by atomic mass is 16.5. The van der Waals surface area contributed by atoms with E-state index in [0.717, 1.165) is 11.1 Å². The van der Waals surface area contributed by atoms with Gasteiger partial charge in [0, 0.05) is 5.92 Å². The first kappa shape index (κ1) is 16.1. The number of carboxylic acids is 1. The summed E-state index contributed by atoms with van der Waals surface area (Å²) < 4.78 is 10.4. The first-order chi connectivity index (χ1) is 11.6. The van der Waals surface area contributed by atoms with Crippen LogP contribution in [0.25, 0.3) is 0 Å². The lowest BCUT2D eigenvalue weighted by molar-refractivity contribution is -0.159. The van der Waals surface area contributed by atoms with Crippen LogP contribution in [0.15, 0.2) is 54.6 Å². The van der Waals surface area contributed by atoms with E-state index in [1.54, 1.807) is 12.1 Å². The Morgan fingerprint density at radius 2 is 1.92 bits per heavy atom. The summed E-state index contributed by atoms with van der Waals surface area (Å²) >= 11 is 0. The van der Waals surface area contributed by atoms with E-state index in [1.165, 1.54) is 7.11 Å². The number of ether oxygens (including phenoxy) is 2. The van der Waals surface area contributed by atoms with Crippen LogP contribution in [0.1, 0.15) is 23.5 Å². The van der Waals surface area contributed by atoms with E-state index in [1.807, 2.05) is 42.5 Å². The van der Waals surface area contributed by atoms with E-state index in [0.29, 0.717) is 12.4 Å². The van der Waals surface area contributed by atoms with Gasteiger partial charge in [-0.05, 0) is 29.7 Å². The van der Waals surface area contributed by atoms with E-state index >= 15 is 0 Å². The fourth-order valence-electron chi connectivity index (χ4n) is 2.96. The van der Waals surface area contributed by atoms with E-state index in [2.05, 4.69) is 4.74 Å². The molecule has 0 saturated heterocycles. The molecule has 0 amide bonds. The van der Waals surface area contributed by atoms with Crippen LogP contribution in [0.5, 0.6) is 5.75 Å². The summed E-state index contributed by atoms with van der Waals surface area (Å²) in [4.78, 5) is 23.4. The van der Waals surface area contributed by atoms with E-state index < -0.39 is 17.4 Å². The van der Waals surface area contributed by atoms with Crippen molar-refractivity contribution < 1.29 is 24.2 Å². The monoisotopic (exact) mass is 326 g/mol. The lowest BCUT2D eigenvalue weighted by Crippen LogP contribution is -2.28. The molecule has 1 fully saturated rings. The molecule has 124 valence electrons. The number of esters is 1. The summed E-state index contributed by atoms with van der Waals surface area (Å²) in [5.41, 5.74) is 0.351. The lowest BCUT2D eigenvalue weighted by atomic mass is 9.99. The van der Waals surface area contributed by atoms with Gasteiger partial charge in [0.15, 0.2) is 5.41 Å². The summed E-state index contributed by atoms with van der Waals surface area (Å²) in [6, 6.07) is 17.0. The molecule has 1 N–H and O–H groups in total. The molecule has 3 rings (SSSR count). The fourth-order valence-corrected chi connectivity index (χ4v) is 2.96. The van der Waals surface area contributed by atoms with Crippen molar-refractivity contribution in [2.45, 2.75) is 18.9 Å². The second-order valence-electron chi connectivity index (χ2n) is 5.87. The molecule has 0 aromatic heterocycles. The molecule has 5 heteroatoms. The van der Waals surface area contributed by atoms with Crippen molar-refractivity contribution in [1.82, 2.24) is 0 Å². The fraction of sp³-hybridized carbons (Fsp3) is 0.263. The predicted molar refractivity (Wildman–Crippen MR) is 86.7 cm³/mol. The summed E-state index contributed by atoms with van der Waals surface area (Å²) in [5, 5.41) is 9.43. The summed E-state index contributed by atoms with van der Waals surface area (Å²) in [6.45, 7) is 0.427. The number of hydrogen-bond acceptors (Lipinski definition) is 4. The Morgan fingerprint density at radius 1 is 1.17 bits per heavy atom. The maximum atomic E-state index is 11.9. The average Bonchev–Trinajstić information content (AvgIpc) is 3.38. The Kier molecular flexibility index (Phi) is 4.25. The minimum absolute atomic E-state index is 0.247. The van der Waals surface area contributed by atoms with Crippen molar-refractivity contribution in [3.8, 4) is 5.75 Å². The van der Waals surface area contributed by atoms with Gasteiger partial charge in [-0.1, -0.05) is 42.5 Å². The zero-order chi connectivity index (χ0) is 17.2. The summed E-state index contributed by atoms with van der Waals surface area (Å²) in [5.74, 6) is -1.58. The SMILES string of the molecule is COC(=O)C1(C(=O)O)CC1c1cccc(OCc2ccccc2)c1. The van der Waals surface area contributed by atoms with Crippen LogP contribution < -0.4 is 4.74 Å². The highest BCUT2D eigenvalue weighted by molar-refractivity contribution is 6.04. The molecule has 0 radical (unpaired) electrons. The molecule has 2 aromatic carbocycles. The molecule has 2 atom stereocenters. The topological polar surface area (TPSA) is 72.8 Å². The first-order valence-corrected chi connectivity index (χ1v) is 7.66. The van der Waals surface area contributed by atoms with Crippen molar-refractivity contribution in [3.63, 3.8) is 0 Å². The maximum absolute atomic E-state index is 11.9. The normalized spacial score (nSPS) is 21.8. The van der Waals surface area contributed by atoms with E-state index in [4.69, 9.17) is 4.74 Å². The largest absolute Gasteiger partial charge is 0.489 e. The van der Waals surface area contributed by atoms with Gasteiger partial charge in [-0.3, -0.25) is 9.59 Å². The van der Waals surface area contributed by atoms with Gasteiger partial charge in [-0.15, -0.1) is 0 Å². The van der Waals surface area contributed by atoms with Crippen molar-refractivity contribution in [1.29, 1.82) is 0 Å². The molecule has 24 heavy (non-hydrogen) atoms. The Bertz CT molecular complexity index is 755. The van der Waals surface area contributed by atoms with Gasteiger partial charge >= 0.3 is 11.9 Å². The summed E-state index contributed by atoms with van der Waals surface area (Å²) in [7, 11) is 1.21. The molecule has 0 bridgehead atoms. The molecule has 0 spiro atoms. The number of carbonyl (C=O) groups is 2. The number of hydrogen-bond donors (Lipinski definition) is 1. The Morgan fingerprint density at radius 3 is 2.58 bits per heavy atom. The molecule has 1 aliphatic rings. The molecule has 0 heterocycles. The predicted octanol–water partition coefficient (Wildman–Crippen LogP) is 3.00. The Hall–Kier alpha value is -2.82. The second-order valence-corrected chi connectivity index (χ2v) is 5.87. The quantitative estimate of drug-likeness (QED) is 0.652. The third-order valence-electron chi connectivity index (χ3n) is 4.40. The minimum atomic E-state index is -1.47. The van der Waals surface area contributed by atoms with Gasteiger partial charge in [0.1, 0.15) is 12.4 Å². The Balaban J connectivity index is 1.74. The van der Waals surface area contributed by atoms with Crippen LogP contribution in [0, 0.1) is 5.41 Å². The number of methoxy groups -OCH3 is 1. The first-order valence-electron chi connectivity index (χ1n) is 7.66. The van der Waals surface area contributed by atoms with Gasteiger partial charge in [-0.25, -0.2) is 0 Å². The number of aliphatic carboxylic acids is 1. The smallest absolute Gasteiger partial charge is 0.323 e. The van der Waals surface area contributed by atoms with Gasteiger partial charge < -0.3 is 14.6 Å². The molecule has 2 aromatic rings. The highest BCUT2D eigenvalue weighted by Gasteiger charge is 2.67. The zero-order valence-electron chi connectivity index (χ0n) is 13.3. The molecule has 1 aliphatic carbocycles. The van der Waals surface area contributed by atoms with Gasteiger partial charge in [-0.2, -0.15) is 0 Å². The van der Waals surface area contributed by atoms with Crippen LogP contribution >= 0.6 is 0 Å². The Labute approximate surface area is 139 Å². The van der Waals surface area contributed by atoms with Crippen molar-refractivity contribution in [2.75, 3.05) is 7.11 Å². The molecular weight excluding hydrogens is 308 g/mol. The maximum Gasteiger partial charge on any atom is 0.323 e. The number of carboxylic acid groups (broad SMARTS) is 1.